The number of nitrogens with one attached hydrogen (secondary N) is 1. The highest BCUT2D eigenvalue weighted by Crippen LogP contribution is 2.38. The van der Waals surface area contributed by atoms with E-state index in [0.29, 0.717) is 56.6 Å². The SMILES string of the molecule is CC(C)C(CO[Si](C)(C)C(C)(C)C)n1cc(C(=O)O)c(=O)c2cc(NCc3ccc(F)cc3)c(N3CCOCC3)nc21. The highest BCUT2D eigenvalue weighted by atomic mass is 28.4. The van der Waals surface area contributed by atoms with Crippen molar-refractivity contribution < 1.29 is 23.5 Å². The molecule has 3 aromatic rings. The van der Waals surface area contributed by atoms with Crippen molar-refractivity contribution in [1.29, 1.82) is 0 Å². The molecule has 9 nitrogen and oxygen atoms in total. The zero-order chi connectivity index (χ0) is 30.8. The van der Waals surface area contributed by atoms with Crippen LogP contribution in [0.5, 0.6) is 0 Å². The van der Waals surface area contributed by atoms with Crippen LogP contribution in [-0.4, -0.2) is 61.9 Å². The fourth-order valence-corrected chi connectivity index (χ4v) is 5.74. The summed E-state index contributed by atoms with van der Waals surface area (Å²) < 4.78 is 27.5. The second kappa shape index (κ2) is 12.5. The van der Waals surface area contributed by atoms with Gasteiger partial charge in [0, 0.05) is 25.8 Å². The predicted octanol–water partition coefficient (Wildman–Crippen LogP) is 5.90. The second-order valence-corrected chi connectivity index (χ2v) is 17.6. The van der Waals surface area contributed by atoms with E-state index in [2.05, 4.69) is 57.9 Å². The fraction of sp³-hybridized carbons (Fsp3) is 0.516. The molecule has 42 heavy (non-hydrogen) atoms. The number of anilines is 2. The maximum atomic E-state index is 13.6. The normalized spacial score (nSPS) is 15.3. The van der Waals surface area contributed by atoms with E-state index in [1.165, 1.54) is 18.3 Å². The Morgan fingerprint density at radius 1 is 1.19 bits per heavy atom. The number of carbonyl (C=O) groups is 1. The summed E-state index contributed by atoms with van der Waals surface area (Å²) in [7, 11) is -2.12. The number of pyridine rings is 2. The van der Waals surface area contributed by atoms with Crippen molar-refractivity contribution in [1.82, 2.24) is 9.55 Å². The number of aromatic carboxylic acids is 1. The van der Waals surface area contributed by atoms with Gasteiger partial charge in [-0.2, -0.15) is 0 Å². The van der Waals surface area contributed by atoms with Crippen molar-refractivity contribution >= 4 is 36.8 Å². The van der Waals surface area contributed by atoms with E-state index in [4.69, 9.17) is 14.1 Å². The third-order valence-electron chi connectivity index (χ3n) is 8.47. The first-order chi connectivity index (χ1) is 19.7. The van der Waals surface area contributed by atoms with Gasteiger partial charge in [-0.25, -0.2) is 14.2 Å². The maximum absolute atomic E-state index is 13.6. The molecule has 228 valence electrons. The number of rotatable bonds is 10. The minimum atomic E-state index is -2.12. The van der Waals surface area contributed by atoms with Crippen molar-refractivity contribution in [2.24, 2.45) is 5.92 Å². The Labute approximate surface area is 247 Å². The molecule has 1 atom stereocenters. The summed E-state index contributed by atoms with van der Waals surface area (Å²) in [5.74, 6) is -0.898. The largest absolute Gasteiger partial charge is 0.477 e. The molecule has 1 unspecified atom stereocenters. The van der Waals surface area contributed by atoms with Crippen LogP contribution in [-0.2, 0) is 15.7 Å². The lowest BCUT2D eigenvalue weighted by Gasteiger charge is -2.38. The summed E-state index contributed by atoms with van der Waals surface area (Å²) in [6.45, 7) is 18.1. The topological polar surface area (TPSA) is 106 Å². The number of fused-ring (bicyclic) bond motifs is 1. The van der Waals surface area contributed by atoms with Gasteiger partial charge in [0.1, 0.15) is 17.0 Å². The first-order valence-corrected chi connectivity index (χ1v) is 17.4. The molecule has 0 amide bonds. The number of morpholine rings is 1. The predicted molar refractivity (Wildman–Crippen MR) is 167 cm³/mol. The average Bonchev–Trinajstić information content (AvgIpc) is 2.93. The van der Waals surface area contributed by atoms with Crippen molar-refractivity contribution in [2.75, 3.05) is 43.1 Å². The number of nitrogens with zero attached hydrogens (tertiary/aromatic N) is 3. The molecule has 1 fully saturated rings. The Hall–Kier alpha value is -3.28. The van der Waals surface area contributed by atoms with Crippen LogP contribution in [0.15, 0.2) is 41.3 Å². The van der Waals surface area contributed by atoms with E-state index in [1.54, 1.807) is 18.2 Å². The standard InChI is InChI=1S/C31H43FN4O5Si/c1-20(2)26(19-41-42(6,7)31(3,4)5)36-18-24(30(38)39)27(37)23-16-25(33-17-21-8-10-22(32)11-9-21)29(34-28(23)36)35-12-14-40-15-13-35/h8-11,16,18,20,26,33H,12-15,17,19H2,1-7H3,(H,38,39). The summed E-state index contributed by atoms with van der Waals surface area (Å²) >= 11 is 0. The summed E-state index contributed by atoms with van der Waals surface area (Å²) in [5, 5.41) is 13.6. The molecule has 0 bridgehead atoms. The Morgan fingerprint density at radius 2 is 1.83 bits per heavy atom. The minimum absolute atomic E-state index is 0.000783. The van der Waals surface area contributed by atoms with E-state index in [9.17, 15) is 19.1 Å². The molecule has 2 aromatic heterocycles. The molecule has 4 rings (SSSR count). The Morgan fingerprint density at radius 3 is 2.40 bits per heavy atom. The molecule has 0 spiro atoms. The van der Waals surface area contributed by atoms with E-state index >= 15 is 0 Å². The lowest BCUT2D eigenvalue weighted by atomic mass is 10.0. The van der Waals surface area contributed by atoms with E-state index < -0.39 is 19.7 Å². The molecule has 0 radical (unpaired) electrons. The van der Waals surface area contributed by atoms with Crippen LogP contribution in [0.2, 0.25) is 18.1 Å². The Bertz CT molecular complexity index is 1480. The minimum Gasteiger partial charge on any atom is -0.477 e. The number of hydrogen-bond donors (Lipinski definition) is 2. The Balaban J connectivity index is 1.88. The summed E-state index contributed by atoms with van der Waals surface area (Å²) in [4.78, 5) is 33.0. The van der Waals surface area contributed by atoms with Crippen LogP contribution in [0.3, 0.4) is 0 Å². The third-order valence-corrected chi connectivity index (χ3v) is 13.0. The van der Waals surface area contributed by atoms with Gasteiger partial charge in [-0.05, 0) is 47.8 Å². The summed E-state index contributed by atoms with van der Waals surface area (Å²) in [6.07, 6.45) is 1.42. The van der Waals surface area contributed by atoms with Crippen molar-refractivity contribution in [3.8, 4) is 0 Å². The number of ether oxygens (including phenoxy) is 1. The number of hydrogen-bond acceptors (Lipinski definition) is 7. The number of aromatic nitrogens is 2. The molecule has 3 heterocycles. The summed E-state index contributed by atoms with van der Waals surface area (Å²) in [6, 6.07) is 7.62. The van der Waals surface area contributed by atoms with Gasteiger partial charge in [-0.3, -0.25) is 4.79 Å². The molecular formula is C31H43FN4O5Si. The lowest BCUT2D eigenvalue weighted by molar-refractivity contribution is 0.0694. The molecule has 1 aliphatic rings. The van der Waals surface area contributed by atoms with Gasteiger partial charge >= 0.3 is 5.97 Å². The van der Waals surface area contributed by atoms with Crippen molar-refractivity contribution in [3.05, 3.63) is 63.7 Å². The monoisotopic (exact) mass is 598 g/mol. The lowest BCUT2D eigenvalue weighted by Crippen LogP contribution is -2.42. The van der Waals surface area contributed by atoms with Crippen LogP contribution in [0.25, 0.3) is 11.0 Å². The van der Waals surface area contributed by atoms with Gasteiger partial charge in [0.25, 0.3) is 0 Å². The smallest absolute Gasteiger partial charge is 0.341 e. The first kappa shape index (κ1) is 31.6. The molecular weight excluding hydrogens is 555 g/mol. The van der Waals surface area contributed by atoms with Crippen LogP contribution in [0.4, 0.5) is 15.9 Å². The van der Waals surface area contributed by atoms with Crippen LogP contribution >= 0.6 is 0 Å². The van der Waals surface area contributed by atoms with E-state index in [0.717, 1.165) is 5.56 Å². The van der Waals surface area contributed by atoms with Crippen molar-refractivity contribution in [3.63, 3.8) is 0 Å². The molecule has 1 aromatic carbocycles. The third kappa shape index (κ3) is 6.85. The molecule has 11 heteroatoms. The molecule has 1 aliphatic heterocycles. The highest BCUT2D eigenvalue weighted by molar-refractivity contribution is 6.74. The number of benzene rings is 1. The first-order valence-electron chi connectivity index (χ1n) is 14.5. The van der Waals surface area contributed by atoms with E-state index in [-0.39, 0.29) is 33.8 Å². The van der Waals surface area contributed by atoms with Gasteiger partial charge in [0.05, 0.1) is 36.9 Å². The van der Waals surface area contributed by atoms with E-state index in [1.807, 2.05) is 4.57 Å². The van der Waals surface area contributed by atoms with Crippen molar-refractivity contribution in [2.45, 2.75) is 65.3 Å². The zero-order valence-corrected chi connectivity index (χ0v) is 26.7. The number of carboxylic acid groups (broad SMARTS) is 1. The van der Waals surface area contributed by atoms with Gasteiger partial charge in [0.15, 0.2) is 14.1 Å². The quantitative estimate of drug-likeness (QED) is 0.278. The van der Waals surface area contributed by atoms with Gasteiger partial charge < -0.3 is 29.1 Å². The van der Waals surface area contributed by atoms with Gasteiger partial charge in [-0.1, -0.05) is 46.8 Å². The molecule has 0 saturated carbocycles. The average molecular weight is 599 g/mol. The number of carboxylic acids is 1. The van der Waals surface area contributed by atoms with Gasteiger partial charge in [-0.15, -0.1) is 0 Å². The summed E-state index contributed by atoms with van der Waals surface area (Å²) in [5.41, 5.74) is 0.956. The fourth-order valence-electron chi connectivity index (χ4n) is 4.72. The van der Waals surface area contributed by atoms with Crippen LogP contribution in [0.1, 0.15) is 56.6 Å². The molecule has 0 aliphatic carbocycles. The maximum Gasteiger partial charge on any atom is 0.341 e. The van der Waals surface area contributed by atoms with Gasteiger partial charge in [0.2, 0.25) is 5.43 Å². The number of halogens is 1. The van der Waals surface area contributed by atoms with Crippen LogP contribution < -0.4 is 15.6 Å². The van der Waals surface area contributed by atoms with Crippen LogP contribution in [0, 0.1) is 11.7 Å². The zero-order valence-electron chi connectivity index (χ0n) is 25.7. The molecule has 2 N–H and O–H groups in total. The second-order valence-electron chi connectivity index (χ2n) is 12.8. The highest BCUT2D eigenvalue weighted by Gasteiger charge is 2.38. The molecule has 1 saturated heterocycles. The Kier molecular flexibility index (Phi) is 9.44.